The summed E-state index contributed by atoms with van der Waals surface area (Å²) in [6.07, 6.45) is -0.322. The molecule has 0 spiro atoms. The van der Waals surface area contributed by atoms with Gasteiger partial charge in [0.1, 0.15) is 0 Å². The number of amides is 1. The molecule has 1 unspecified atom stereocenters. The predicted octanol–water partition coefficient (Wildman–Crippen LogP) is 1.28. The molecule has 1 amide bonds. The van der Waals surface area contributed by atoms with Gasteiger partial charge in [0.25, 0.3) is 5.91 Å². The van der Waals surface area contributed by atoms with E-state index >= 15 is 0 Å². The van der Waals surface area contributed by atoms with Crippen LogP contribution in [0, 0.1) is 0 Å². The first kappa shape index (κ1) is 21.5. The fourth-order valence-corrected chi connectivity index (χ4v) is 3.76. The Kier molecular flexibility index (Phi) is 7.98. The number of aliphatic hydroxyl groups excluding tert-OH is 1. The number of hydrogen-bond donors (Lipinski definition) is 3. The Labute approximate surface area is 148 Å². The van der Waals surface area contributed by atoms with E-state index in [1.165, 1.54) is 7.05 Å². The number of halogens is 1. The third-order valence-corrected chi connectivity index (χ3v) is 6.19. The summed E-state index contributed by atoms with van der Waals surface area (Å²) in [4.78, 5) is 11.1. The molecule has 6 nitrogen and oxygen atoms in total. The van der Waals surface area contributed by atoms with Gasteiger partial charge >= 0.3 is 0 Å². The number of aryl methyl sites for hydroxylation is 1. The van der Waals surface area contributed by atoms with Crippen molar-refractivity contribution in [1.82, 2.24) is 4.72 Å². The van der Waals surface area contributed by atoms with Crippen LogP contribution in [0.2, 0.25) is 0 Å². The number of sulfonamides is 1. The number of benzene rings is 1. The van der Waals surface area contributed by atoms with E-state index in [0.29, 0.717) is 12.8 Å². The lowest BCUT2D eigenvalue weighted by Crippen LogP contribution is -2.40. The van der Waals surface area contributed by atoms with Gasteiger partial charge < -0.3 is 10.8 Å². The van der Waals surface area contributed by atoms with Crippen molar-refractivity contribution in [3.05, 3.63) is 35.9 Å². The summed E-state index contributed by atoms with van der Waals surface area (Å²) in [5, 5.41) is 9.20. The second-order valence-electron chi connectivity index (χ2n) is 6.39. The molecular formula is C17H27FN2O4S. The van der Waals surface area contributed by atoms with Crippen LogP contribution in [-0.4, -0.2) is 43.5 Å². The third kappa shape index (κ3) is 7.09. The van der Waals surface area contributed by atoms with E-state index in [9.17, 15) is 22.7 Å². The quantitative estimate of drug-likeness (QED) is 0.542. The summed E-state index contributed by atoms with van der Waals surface area (Å²) in [5.41, 5.74) is 3.74. The molecule has 0 bridgehead atoms. The zero-order valence-electron chi connectivity index (χ0n) is 14.6. The highest BCUT2D eigenvalue weighted by atomic mass is 32.2. The Morgan fingerprint density at radius 3 is 2.44 bits per heavy atom. The van der Waals surface area contributed by atoms with E-state index in [0.717, 1.165) is 12.5 Å². The first-order valence-electron chi connectivity index (χ1n) is 8.21. The van der Waals surface area contributed by atoms with E-state index < -0.39 is 33.0 Å². The summed E-state index contributed by atoms with van der Waals surface area (Å²) in [7, 11) is -2.45. The second kappa shape index (κ2) is 9.26. The molecule has 0 aliphatic carbocycles. The fraction of sp³-hybridized carbons (Fsp3) is 0.588. The van der Waals surface area contributed by atoms with E-state index in [4.69, 9.17) is 5.73 Å². The zero-order valence-corrected chi connectivity index (χ0v) is 15.4. The Bertz CT molecular complexity index is 650. The monoisotopic (exact) mass is 374 g/mol. The van der Waals surface area contributed by atoms with Gasteiger partial charge in [-0.2, -0.15) is 0 Å². The summed E-state index contributed by atoms with van der Waals surface area (Å²) in [6, 6.07) is 9.53. The van der Waals surface area contributed by atoms with Crippen LogP contribution in [0.3, 0.4) is 0 Å². The van der Waals surface area contributed by atoms with Crippen molar-refractivity contribution in [2.75, 3.05) is 7.05 Å². The SMILES string of the molecule is CNS(=O)(=O)[C@H](CCC(C)(F)C(N)=O)C[C@@H](O)CCc1ccccc1. The van der Waals surface area contributed by atoms with Crippen LogP contribution in [0.5, 0.6) is 0 Å². The zero-order chi connectivity index (χ0) is 19.1. The number of nitrogens with two attached hydrogens (primary N) is 1. The van der Waals surface area contributed by atoms with Crippen LogP contribution in [-0.2, 0) is 21.2 Å². The van der Waals surface area contributed by atoms with Gasteiger partial charge in [-0.15, -0.1) is 0 Å². The molecule has 0 saturated carbocycles. The first-order chi connectivity index (χ1) is 11.6. The predicted molar refractivity (Wildman–Crippen MR) is 95.1 cm³/mol. The summed E-state index contributed by atoms with van der Waals surface area (Å²) in [6.45, 7) is 1.03. The van der Waals surface area contributed by atoms with Crippen LogP contribution in [0.4, 0.5) is 4.39 Å². The molecule has 1 rings (SSSR count). The standard InChI is InChI=1S/C17H27FN2O4S/c1-17(18,16(19)22)11-10-15(25(23,24)20-2)12-14(21)9-8-13-6-4-3-5-7-13/h3-7,14-15,20-21H,8-12H2,1-2H3,(H2,19,22)/t14-,15+,17?/m0/s1. The molecule has 0 aliphatic heterocycles. The number of carbonyl (C=O) groups excluding carboxylic acids is 1. The van der Waals surface area contributed by atoms with Crippen molar-refractivity contribution in [3.8, 4) is 0 Å². The number of aliphatic hydroxyl groups is 1. The Morgan fingerprint density at radius 2 is 1.92 bits per heavy atom. The van der Waals surface area contributed by atoms with Gasteiger partial charge in [0.05, 0.1) is 11.4 Å². The summed E-state index contributed by atoms with van der Waals surface area (Å²) >= 11 is 0. The third-order valence-electron chi connectivity index (χ3n) is 4.32. The Hall–Kier alpha value is -1.51. The average Bonchev–Trinajstić information content (AvgIpc) is 2.57. The van der Waals surface area contributed by atoms with Crippen molar-refractivity contribution in [2.24, 2.45) is 5.73 Å². The molecule has 1 aromatic carbocycles. The van der Waals surface area contributed by atoms with Crippen LogP contribution in [0.25, 0.3) is 0 Å². The maximum absolute atomic E-state index is 14.0. The van der Waals surface area contributed by atoms with Crippen molar-refractivity contribution in [3.63, 3.8) is 0 Å². The smallest absolute Gasteiger partial charge is 0.254 e. The van der Waals surface area contributed by atoms with Gasteiger partial charge in [-0.3, -0.25) is 4.79 Å². The molecule has 25 heavy (non-hydrogen) atoms. The molecule has 0 aliphatic rings. The maximum atomic E-state index is 14.0. The lowest BCUT2D eigenvalue weighted by Gasteiger charge is -2.23. The molecule has 3 atom stereocenters. The largest absolute Gasteiger partial charge is 0.393 e. The molecule has 8 heteroatoms. The number of primary amides is 1. The topological polar surface area (TPSA) is 109 Å². The number of nitrogens with one attached hydrogen (secondary N) is 1. The molecule has 142 valence electrons. The number of alkyl halides is 1. The van der Waals surface area contributed by atoms with Crippen LogP contribution in [0.15, 0.2) is 30.3 Å². The summed E-state index contributed by atoms with van der Waals surface area (Å²) < 4.78 is 40.5. The number of carbonyl (C=O) groups is 1. The van der Waals surface area contributed by atoms with Crippen molar-refractivity contribution >= 4 is 15.9 Å². The molecule has 0 saturated heterocycles. The van der Waals surface area contributed by atoms with E-state index in [-0.39, 0.29) is 19.3 Å². The van der Waals surface area contributed by atoms with Gasteiger partial charge in [-0.05, 0) is 51.6 Å². The van der Waals surface area contributed by atoms with Crippen LogP contribution < -0.4 is 10.5 Å². The highest BCUT2D eigenvalue weighted by Crippen LogP contribution is 2.24. The minimum absolute atomic E-state index is 0.0369. The van der Waals surface area contributed by atoms with E-state index in [1.807, 2.05) is 30.3 Å². The number of hydrogen-bond acceptors (Lipinski definition) is 4. The summed E-state index contributed by atoms with van der Waals surface area (Å²) in [5.74, 6) is -1.13. The maximum Gasteiger partial charge on any atom is 0.254 e. The molecule has 4 N–H and O–H groups in total. The lowest BCUT2D eigenvalue weighted by molar-refractivity contribution is -0.128. The van der Waals surface area contributed by atoms with Crippen molar-refractivity contribution < 1.29 is 22.7 Å². The Morgan fingerprint density at radius 1 is 1.32 bits per heavy atom. The molecule has 1 aromatic rings. The molecule has 0 fully saturated rings. The van der Waals surface area contributed by atoms with Gasteiger partial charge in [0, 0.05) is 0 Å². The minimum atomic E-state index is -3.72. The average molecular weight is 374 g/mol. The van der Waals surface area contributed by atoms with Gasteiger partial charge in [0.15, 0.2) is 5.67 Å². The van der Waals surface area contributed by atoms with Gasteiger partial charge in [-0.25, -0.2) is 17.5 Å². The highest BCUT2D eigenvalue weighted by Gasteiger charge is 2.34. The van der Waals surface area contributed by atoms with Crippen molar-refractivity contribution in [1.29, 1.82) is 0 Å². The fourth-order valence-electron chi connectivity index (χ4n) is 2.52. The lowest BCUT2D eigenvalue weighted by atomic mass is 9.97. The molecule has 0 radical (unpaired) electrons. The normalized spacial score (nSPS) is 16.8. The molecular weight excluding hydrogens is 347 g/mol. The van der Waals surface area contributed by atoms with Gasteiger partial charge in [0.2, 0.25) is 10.0 Å². The van der Waals surface area contributed by atoms with Crippen molar-refractivity contribution in [2.45, 2.75) is 56.1 Å². The second-order valence-corrected chi connectivity index (χ2v) is 8.55. The van der Waals surface area contributed by atoms with Crippen LogP contribution >= 0.6 is 0 Å². The van der Waals surface area contributed by atoms with Crippen LogP contribution in [0.1, 0.15) is 38.2 Å². The highest BCUT2D eigenvalue weighted by molar-refractivity contribution is 7.90. The molecule has 0 heterocycles. The molecule has 0 aromatic heterocycles. The number of rotatable bonds is 11. The van der Waals surface area contributed by atoms with E-state index in [1.54, 1.807) is 0 Å². The minimum Gasteiger partial charge on any atom is -0.393 e. The Balaban J connectivity index is 2.68. The first-order valence-corrected chi connectivity index (χ1v) is 9.76. The van der Waals surface area contributed by atoms with Gasteiger partial charge in [-0.1, -0.05) is 30.3 Å². The van der Waals surface area contributed by atoms with E-state index in [2.05, 4.69) is 4.72 Å².